The average Bonchev–Trinajstić information content (AvgIpc) is 1.72. The third-order valence-electron chi connectivity index (χ3n) is 25.4. The average molecular weight is 1490 g/mol. The first-order valence-corrected chi connectivity index (χ1v) is 42.2. The van der Waals surface area contributed by atoms with E-state index in [2.05, 4.69) is 30.2 Å². The quantitative estimate of drug-likeness (QED) is 0.128. The van der Waals surface area contributed by atoms with Crippen molar-refractivity contribution in [2.75, 3.05) is 88.6 Å². The second kappa shape index (κ2) is 29.6. The molecule has 101 heavy (non-hydrogen) atoms. The van der Waals surface area contributed by atoms with Crippen molar-refractivity contribution in [3.8, 4) is 11.5 Å². The smallest absolute Gasteiger partial charge is 0.264 e. The number of nitrogens with zero attached hydrogens (tertiary/aromatic N) is 5. The number of likely N-dealkylation sites (N-methyl/N-ethyl adjacent to an activating group) is 1. The van der Waals surface area contributed by atoms with E-state index in [0.29, 0.717) is 136 Å². The minimum atomic E-state index is -4.35. The maximum Gasteiger partial charge on any atom is 0.264 e. The Bertz CT molecular complexity index is 4120. The summed E-state index contributed by atoms with van der Waals surface area (Å²) >= 11 is 13.4. The highest BCUT2D eigenvalue weighted by Gasteiger charge is 2.56. The summed E-state index contributed by atoms with van der Waals surface area (Å²) in [5.41, 5.74) is 0.371. The van der Waals surface area contributed by atoms with E-state index in [1.54, 1.807) is 64.2 Å². The molecule has 5 aliphatic heterocycles. The highest BCUT2D eigenvalue weighted by molar-refractivity contribution is 7.91. The summed E-state index contributed by atoms with van der Waals surface area (Å²) in [6, 6.07) is 21.7. The van der Waals surface area contributed by atoms with Crippen LogP contribution in [0.5, 0.6) is 11.5 Å². The van der Waals surface area contributed by atoms with Crippen molar-refractivity contribution in [1.82, 2.24) is 23.5 Å². The Labute approximate surface area is 609 Å². The van der Waals surface area contributed by atoms with Crippen LogP contribution in [0.4, 0.5) is 11.4 Å². The molecule has 4 aromatic carbocycles. The van der Waals surface area contributed by atoms with Crippen molar-refractivity contribution in [3.63, 3.8) is 0 Å². The summed E-state index contributed by atoms with van der Waals surface area (Å²) in [6.45, 7) is 15.3. The van der Waals surface area contributed by atoms with Crippen LogP contribution < -0.4 is 28.7 Å². The van der Waals surface area contributed by atoms with Crippen LogP contribution in [0.3, 0.4) is 0 Å². The molecule has 1 unspecified atom stereocenters. The van der Waals surface area contributed by atoms with Gasteiger partial charge in [-0.05, 0) is 249 Å². The number of piperazine rings is 1. The number of anilines is 2. The van der Waals surface area contributed by atoms with Gasteiger partial charge in [-0.3, -0.25) is 14.4 Å². The van der Waals surface area contributed by atoms with Crippen LogP contribution in [0.1, 0.15) is 181 Å². The van der Waals surface area contributed by atoms with Gasteiger partial charge in [0.05, 0.1) is 57.3 Å². The van der Waals surface area contributed by atoms with Gasteiger partial charge >= 0.3 is 0 Å². The molecule has 3 amide bonds. The van der Waals surface area contributed by atoms with Gasteiger partial charge in [-0.2, -0.15) is 4.31 Å². The third kappa shape index (κ3) is 15.9. The predicted octanol–water partition coefficient (Wildman–Crippen LogP) is 10.8. The van der Waals surface area contributed by atoms with E-state index in [0.717, 1.165) is 61.0 Å². The molecule has 4 bridgehead atoms. The van der Waals surface area contributed by atoms with Crippen molar-refractivity contribution in [1.29, 1.82) is 0 Å². The largest absolute Gasteiger partial charge is 0.490 e. The lowest BCUT2D eigenvalue weighted by atomic mass is 9.59. The lowest BCUT2D eigenvalue weighted by Crippen LogP contribution is -2.59. The summed E-state index contributed by atoms with van der Waals surface area (Å²) in [6.07, 6.45) is 8.43. The molecule has 3 fully saturated rings. The number of aryl methyl sites for hydroxylation is 2. The molecule has 8 aliphatic rings. The van der Waals surface area contributed by atoms with Crippen molar-refractivity contribution in [3.05, 3.63) is 116 Å². The summed E-state index contributed by atoms with van der Waals surface area (Å²) < 4.78 is 108. The number of hydrogen-bond acceptors (Lipinski definition) is 16. The van der Waals surface area contributed by atoms with Crippen molar-refractivity contribution >= 4 is 82.4 Å². The SMILES string of the molecule is C[C@@H]1[C@@H](C)CCC[C@@](O)(CS(=O)(=O)N(C)C(C)(C)CC2CCc3cc(Cl)ccc3[C@@]23COc2ccc4cc2N(C[C@@H]2CC[C@H]2[C@@](O)(CC(=O)N2CCN(C)CC2)CCC[C@H](C)[C@@H](C)S(=O)(=O)NC4=O)C3)[C@@H]2CC[C@H]2CN2CCCCc3cc(Cl)ccc3COc3ccc(cc32)C(=O)NS1(=O)=O. The van der Waals surface area contributed by atoms with Crippen molar-refractivity contribution in [2.24, 2.45) is 41.4 Å². The molecule has 25 heteroatoms. The molecular formula is C76H105Cl2N7O13S3. The van der Waals surface area contributed by atoms with Gasteiger partial charge in [-0.1, -0.05) is 62.0 Å². The summed E-state index contributed by atoms with van der Waals surface area (Å²) in [4.78, 5) is 51.2. The topological polar surface area (TPSA) is 253 Å². The first kappa shape index (κ1) is 75.4. The number of ether oxygens (including phenoxy) is 2. The molecular weight excluding hydrogens is 1390 g/mol. The molecule has 20 nitrogen and oxygen atoms in total. The molecule has 1 spiro atoms. The van der Waals surface area contributed by atoms with Crippen LogP contribution in [-0.4, -0.2) is 173 Å². The van der Waals surface area contributed by atoms with E-state index >= 15 is 8.42 Å². The zero-order chi connectivity index (χ0) is 72.4. The molecule has 2 saturated carbocycles. The summed E-state index contributed by atoms with van der Waals surface area (Å²) in [5, 5.41) is 26.1. The maximum absolute atomic E-state index is 15.9. The molecule has 5 heterocycles. The lowest BCUT2D eigenvalue weighted by Gasteiger charge is -2.52. The van der Waals surface area contributed by atoms with E-state index < -0.39 is 92.1 Å². The van der Waals surface area contributed by atoms with Gasteiger partial charge in [0.25, 0.3) is 11.8 Å². The number of amides is 3. The third-order valence-corrected chi connectivity index (χ3v) is 31.9. The number of aliphatic hydroxyl groups is 2. The predicted molar refractivity (Wildman–Crippen MR) is 395 cm³/mol. The van der Waals surface area contributed by atoms with E-state index in [1.807, 2.05) is 63.1 Å². The van der Waals surface area contributed by atoms with E-state index in [1.165, 1.54) is 4.31 Å². The highest BCUT2D eigenvalue weighted by Crippen LogP contribution is 2.54. The normalized spacial score (nSPS) is 31.5. The van der Waals surface area contributed by atoms with Crippen LogP contribution in [0.25, 0.3) is 0 Å². The number of fused-ring (bicyclic) bond motifs is 7. The fourth-order valence-corrected chi connectivity index (χ4v) is 23.1. The maximum atomic E-state index is 15.9. The number of benzene rings is 4. The monoisotopic (exact) mass is 1490 g/mol. The Morgan fingerprint density at radius 3 is 1.81 bits per heavy atom. The molecule has 12 rings (SSSR count). The lowest BCUT2D eigenvalue weighted by molar-refractivity contribution is -0.147. The second-order valence-electron chi connectivity index (χ2n) is 32.1. The number of sulfonamides is 3. The fraction of sp³-hybridized carbons (Fsp3) is 0.645. The molecule has 0 aromatic heterocycles. The minimum Gasteiger partial charge on any atom is -0.490 e. The van der Waals surface area contributed by atoms with E-state index in [4.69, 9.17) is 32.7 Å². The second-order valence-corrected chi connectivity index (χ2v) is 39.1. The van der Waals surface area contributed by atoms with Crippen LogP contribution in [-0.2, 0) is 59.7 Å². The van der Waals surface area contributed by atoms with Crippen LogP contribution in [0.2, 0.25) is 10.0 Å². The molecule has 0 radical (unpaired) electrons. The van der Waals surface area contributed by atoms with E-state index in [-0.39, 0.29) is 79.1 Å². The Hall–Kier alpha value is -5.24. The van der Waals surface area contributed by atoms with Gasteiger partial charge < -0.3 is 39.3 Å². The van der Waals surface area contributed by atoms with E-state index in [9.17, 15) is 41.4 Å². The van der Waals surface area contributed by atoms with Crippen LogP contribution in [0, 0.1) is 41.4 Å². The summed E-state index contributed by atoms with van der Waals surface area (Å²) in [5.74, 6) is -3.41. The van der Waals surface area contributed by atoms with Gasteiger partial charge in [0.1, 0.15) is 18.1 Å². The van der Waals surface area contributed by atoms with Gasteiger partial charge in [0.2, 0.25) is 36.0 Å². The number of carbonyl (C=O) groups is 3. The first-order chi connectivity index (χ1) is 47.7. The highest BCUT2D eigenvalue weighted by atomic mass is 35.5. The van der Waals surface area contributed by atoms with Crippen molar-refractivity contribution < 1.29 is 59.3 Å². The molecule has 12 atom stereocenters. The summed E-state index contributed by atoms with van der Waals surface area (Å²) in [7, 11) is -9.12. The van der Waals surface area contributed by atoms with Gasteiger partial charge in [0, 0.05) is 86.1 Å². The molecule has 1 saturated heterocycles. The van der Waals surface area contributed by atoms with Crippen LogP contribution in [0.15, 0.2) is 72.8 Å². The number of rotatable bonds is 8. The first-order valence-electron chi connectivity index (χ1n) is 36.8. The van der Waals surface area contributed by atoms with Gasteiger partial charge in [-0.15, -0.1) is 0 Å². The Kier molecular flexibility index (Phi) is 22.1. The number of halogens is 2. The number of hydrogen-bond donors (Lipinski definition) is 4. The molecule has 4 aromatic rings. The minimum absolute atomic E-state index is 0.0610. The molecule has 554 valence electrons. The number of carbonyl (C=O) groups excluding carboxylic acids is 3. The van der Waals surface area contributed by atoms with Gasteiger partial charge in [-0.25, -0.2) is 34.7 Å². The van der Waals surface area contributed by atoms with Crippen LogP contribution >= 0.6 is 23.2 Å². The Morgan fingerprint density at radius 2 is 1.21 bits per heavy atom. The Balaban J connectivity index is 0.867. The fourth-order valence-electron chi connectivity index (χ4n) is 18.1. The van der Waals surface area contributed by atoms with Gasteiger partial charge in [0.15, 0.2) is 0 Å². The standard InChI is InChI=1S/C76H105Cl2N7O13S3/c1-49-13-11-30-75(89,42-70(86)83-35-33-81(7)34-36-83)64-25-18-58(64)44-85-46-74(47-98-69-29-21-56(40-67(69)85)72(88)80-100(93,94)51(49)3)60(22-16-54-38-62(78)24-27-63(54)74)41-73(5,6)82(8)99(91,92)48-76(90)31-12-14-50(2)52(4)101(95,96)79-71(87)55-20-28-68-66(39-55)84(43-57-19-26-65(57)76)32-10-9-15-53-37-61(77)23-17-59(53)45-97-68/h17,20-21,23-24,27-29,37-40,49-52,57-58,60,64-65,89-90H,9-16,18-19,22,25-26,30-36,41-48H2,1-8H3,(H,79,87)(H,80,88)/t49-,50-,51+,52+,57-,58-,60?,64+,65+,74-,75-,76+/m0/s1. The Morgan fingerprint density at radius 1 is 0.653 bits per heavy atom. The zero-order valence-corrected chi connectivity index (χ0v) is 64.0. The molecule has 4 N–H and O–H groups in total. The molecule has 3 aliphatic carbocycles. The number of nitrogens with one attached hydrogen (secondary N) is 2. The zero-order valence-electron chi connectivity index (χ0n) is 60.0. The van der Waals surface area contributed by atoms with Crippen molar-refractivity contribution in [2.45, 2.75) is 190 Å².